The Morgan fingerprint density at radius 3 is 2.58 bits per heavy atom. The van der Waals surface area contributed by atoms with Crippen LogP contribution in [0.4, 0.5) is 0 Å². The lowest BCUT2D eigenvalue weighted by molar-refractivity contribution is 0.574. The highest BCUT2D eigenvalue weighted by Gasteiger charge is 2.05. The largest absolute Gasteiger partial charge is 0.306 e. The normalized spacial score (nSPS) is 12.4. The fourth-order valence-corrected chi connectivity index (χ4v) is 2.28. The zero-order chi connectivity index (χ0) is 13.8. The van der Waals surface area contributed by atoms with Crippen LogP contribution >= 0.6 is 11.6 Å². The summed E-state index contributed by atoms with van der Waals surface area (Å²) in [6.45, 7) is 7.16. The van der Waals surface area contributed by atoms with E-state index in [-0.39, 0.29) is 0 Å². The van der Waals surface area contributed by atoms with Crippen LogP contribution in [0, 0.1) is 13.8 Å². The molecule has 100 valence electrons. The highest BCUT2D eigenvalue weighted by molar-refractivity contribution is 6.31. The molecule has 0 radical (unpaired) electrons. The number of hydrogen-bond acceptors (Lipinski definition) is 1. The van der Waals surface area contributed by atoms with Crippen molar-refractivity contribution in [3.8, 4) is 0 Å². The Hall–Kier alpha value is -1.31. The van der Waals surface area contributed by atoms with Gasteiger partial charge in [-0.3, -0.25) is 0 Å². The molecule has 2 aromatic carbocycles. The van der Waals surface area contributed by atoms with Crippen LogP contribution in [0.5, 0.6) is 0 Å². The predicted molar refractivity (Wildman–Crippen MR) is 82.6 cm³/mol. The Morgan fingerprint density at radius 2 is 1.89 bits per heavy atom. The van der Waals surface area contributed by atoms with E-state index in [4.69, 9.17) is 11.6 Å². The summed E-state index contributed by atoms with van der Waals surface area (Å²) in [5.41, 5.74) is 4.95. The second kappa shape index (κ2) is 6.23. The Balaban J connectivity index is 2.00. The van der Waals surface area contributed by atoms with Crippen LogP contribution in [0.25, 0.3) is 0 Å². The van der Waals surface area contributed by atoms with Crippen LogP contribution in [0.2, 0.25) is 5.02 Å². The standard InChI is InChI=1S/C17H20ClN/c1-12-5-4-6-16(9-12)14(3)19-11-15-8-7-13(2)17(18)10-15/h4-10,14,19H,11H2,1-3H3/t14-/m1/s1. The van der Waals surface area contributed by atoms with Crippen LogP contribution in [0.15, 0.2) is 42.5 Å². The molecule has 0 aliphatic heterocycles. The van der Waals surface area contributed by atoms with Crippen LogP contribution in [-0.4, -0.2) is 0 Å². The molecule has 0 unspecified atom stereocenters. The van der Waals surface area contributed by atoms with E-state index in [1.54, 1.807) is 0 Å². The average molecular weight is 274 g/mol. The van der Waals surface area contributed by atoms with Gasteiger partial charge in [0.15, 0.2) is 0 Å². The van der Waals surface area contributed by atoms with Crippen molar-refractivity contribution in [2.45, 2.75) is 33.4 Å². The molecule has 2 rings (SSSR count). The maximum atomic E-state index is 6.14. The van der Waals surface area contributed by atoms with Crippen molar-refractivity contribution in [3.05, 3.63) is 69.7 Å². The third-order valence-corrected chi connectivity index (χ3v) is 3.80. The summed E-state index contributed by atoms with van der Waals surface area (Å²) in [4.78, 5) is 0. The first-order chi connectivity index (χ1) is 9.06. The van der Waals surface area contributed by atoms with Crippen LogP contribution < -0.4 is 5.32 Å². The van der Waals surface area contributed by atoms with Gasteiger partial charge < -0.3 is 5.32 Å². The lowest BCUT2D eigenvalue weighted by Crippen LogP contribution is -2.18. The van der Waals surface area contributed by atoms with E-state index in [9.17, 15) is 0 Å². The van der Waals surface area contributed by atoms with Crippen molar-refractivity contribution in [3.63, 3.8) is 0 Å². The molecule has 0 aliphatic rings. The fourth-order valence-electron chi connectivity index (χ4n) is 2.07. The maximum Gasteiger partial charge on any atom is 0.0438 e. The second-order valence-electron chi connectivity index (χ2n) is 5.10. The minimum absolute atomic E-state index is 0.333. The highest BCUT2D eigenvalue weighted by atomic mass is 35.5. The first-order valence-electron chi connectivity index (χ1n) is 6.61. The smallest absolute Gasteiger partial charge is 0.0438 e. The summed E-state index contributed by atoms with van der Waals surface area (Å²) in [6, 6.07) is 15.2. The van der Waals surface area contributed by atoms with Crippen molar-refractivity contribution in [1.29, 1.82) is 0 Å². The number of benzene rings is 2. The Morgan fingerprint density at radius 1 is 1.11 bits per heavy atom. The van der Waals surface area contributed by atoms with Gasteiger partial charge in [-0.25, -0.2) is 0 Å². The van der Waals surface area contributed by atoms with Gasteiger partial charge in [0.25, 0.3) is 0 Å². The van der Waals surface area contributed by atoms with Gasteiger partial charge in [-0.1, -0.05) is 53.6 Å². The van der Waals surface area contributed by atoms with Gasteiger partial charge in [0.05, 0.1) is 0 Å². The fraction of sp³-hybridized carbons (Fsp3) is 0.294. The maximum absolute atomic E-state index is 6.14. The molecule has 1 N–H and O–H groups in total. The molecule has 0 heterocycles. The van der Waals surface area contributed by atoms with Crippen molar-refractivity contribution >= 4 is 11.6 Å². The second-order valence-corrected chi connectivity index (χ2v) is 5.51. The Kier molecular flexibility index (Phi) is 4.62. The van der Waals surface area contributed by atoms with Gasteiger partial charge in [-0.15, -0.1) is 0 Å². The van der Waals surface area contributed by atoms with E-state index >= 15 is 0 Å². The quantitative estimate of drug-likeness (QED) is 0.843. The SMILES string of the molecule is Cc1cccc([C@@H](C)NCc2ccc(C)c(Cl)c2)c1. The highest BCUT2D eigenvalue weighted by Crippen LogP contribution is 2.18. The molecule has 0 aromatic heterocycles. The van der Waals surface area contributed by atoms with Gasteiger partial charge >= 0.3 is 0 Å². The summed E-state index contributed by atoms with van der Waals surface area (Å²) in [5.74, 6) is 0. The van der Waals surface area contributed by atoms with Crippen LogP contribution in [0.1, 0.15) is 35.2 Å². The molecule has 0 saturated carbocycles. The summed E-state index contributed by atoms with van der Waals surface area (Å²) in [6.07, 6.45) is 0. The number of hydrogen-bond donors (Lipinski definition) is 1. The topological polar surface area (TPSA) is 12.0 Å². The minimum Gasteiger partial charge on any atom is -0.306 e. The van der Waals surface area contributed by atoms with Crippen molar-refractivity contribution in [2.24, 2.45) is 0 Å². The molecule has 0 spiro atoms. The van der Waals surface area contributed by atoms with E-state index in [1.807, 2.05) is 13.0 Å². The summed E-state index contributed by atoms with van der Waals surface area (Å²) in [5, 5.41) is 4.37. The molecule has 2 heteroatoms. The van der Waals surface area contributed by atoms with Crippen LogP contribution in [0.3, 0.4) is 0 Å². The molecule has 0 bridgehead atoms. The van der Waals surface area contributed by atoms with Gasteiger partial charge in [-0.05, 0) is 43.5 Å². The molecule has 0 aliphatic carbocycles. The molecule has 1 nitrogen and oxygen atoms in total. The zero-order valence-corrected chi connectivity index (χ0v) is 12.5. The van der Waals surface area contributed by atoms with Crippen molar-refractivity contribution < 1.29 is 0 Å². The lowest BCUT2D eigenvalue weighted by atomic mass is 10.1. The first-order valence-corrected chi connectivity index (χ1v) is 6.99. The molecule has 1 atom stereocenters. The van der Waals surface area contributed by atoms with E-state index < -0.39 is 0 Å². The van der Waals surface area contributed by atoms with Crippen molar-refractivity contribution in [1.82, 2.24) is 5.32 Å². The summed E-state index contributed by atoms with van der Waals surface area (Å²) in [7, 11) is 0. The number of aryl methyl sites for hydroxylation is 2. The molecule has 19 heavy (non-hydrogen) atoms. The predicted octanol–water partition coefficient (Wildman–Crippen LogP) is 4.81. The molecular weight excluding hydrogens is 254 g/mol. The van der Waals surface area contributed by atoms with Gasteiger partial charge in [0, 0.05) is 17.6 Å². The van der Waals surface area contributed by atoms with Gasteiger partial charge in [-0.2, -0.15) is 0 Å². The zero-order valence-electron chi connectivity index (χ0n) is 11.7. The molecule has 0 fully saturated rings. The number of nitrogens with one attached hydrogen (secondary N) is 1. The Labute approximate surface area is 120 Å². The molecular formula is C17H20ClN. The Bertz CT molecular complexity index is 563. The number of rotatable bonds is 4. The van der Waals surface area contributed by atoms with Crippen LogP contribution in [-0.2, 0) is 6.54 Å². The average Bonchev–Trinajstić information content (AvgIpc) is 2.40. The van der Waals surface area contributed by atoms with E-state index in [0.29, 0.717) is 6.04 Å². The summed E-state index contributed by atoms with van der Waals surface area (Å²) >= 11 is 6.14. The van der Waals surface area contributed by atoms with Crippen molar-refractivity contribution in [2.75, 3.05) is 0 Å². The number of halogens is 1. The lowest BCUT2D eigenvalue weighted by Gasteiger charge is -2.15. The van der Waals surface area contributed by atoms with Gasteiger partial charge in [0.1, 0.15) is 0 Å². The summed E-state index contributed by atoms with van der Waals surface area (Å²) < 4.78 is 0. The molecule has 0 saturated heterocycles. The minimum atomic E-state index is 0.333. The van der Waals surface area contributed by atoms with E-state index in [0.717, 1.165) is 17.1 Å². The first kappa shape index (κ1) is 14.1. The molecule has 2 aromatic rings. The third-order valence-electron chi connectivity index (χ3n) is 3.39. The third kappa shape index (κ3) is 3.82. The van der Waals surface area contributed by atoms with Gasteiger partial charge in [0.2, 0.25) is 0 Å². The monoisotopic (exact) mass is 273 g/mol. The van der Waals surface area contributed by atoms with E-state index in [1.165, 1.54) is 16.7 Å². The van der Waals surface area contributed by atoms with E-state index in [2.05, 4.69) is 55.6 Å². The molecule has 0 amide bonds.